The lowest BCUT2D eigenvalue weighted by molar-refractivity contribution is -0.138. The maximum absolute atomic E-state index is 11.2. The predicted octanol–water partition coefficient (Wildman–Crippen LogP) is -1.62. The van der Waals surface area contributed by atoms with Crippen LogP contribution in [0.15, 0.2) is 4.99 Å². The minimum absolute atomic E-state index is 0.0513. The first-order valence-electron chi connectivity index (χ1n) is 5.59. The molecule has 0 aliphatic rings. The number of carbonyl (C=O) groups is 2. The van der Waals surface area contributed by atoms with E-state index in [0.29, 0.717) is 6.42 Å². The highest BCUT2D eigenvalue weighted by atomic mass is 16.4. The van der Waals surface area contributed by atoms with Gasteiger partial charge in [0.15, 0.2) is 5.96 Å². The van der Waals surface area contributed by atoms with E-state index in [1.165, 1.54) is 6.92 Å². The zero-order chi connectivity index (χ0) is 14.1. The fourth-order valence-corrected chi connectivity index (χ4v) is 1.14. The monoisotopic (exact) mass is 260 g/mol. The smallest absolute Gasteiger partial charge is 0.320 e. The Bertz CT molecular complexity index is 317. The van der Waals surface area contributed by atoms with Gasteiger partial charge in [-0.1, -0.05) is 0 Å². The summed E-state index contributed by atoms with van der Waals surface area (Å²) >= 11 is 0. The number of hydrogen-bond donors (Lipinski definition) is 5. The summed E-state index contributed by atoms with van der Waals surface area (Å²) in [6.45, 7) is 1.77. The molecule has 0 fully saturated rings. The number of aliphatic carboxylic acids is 1. The number of amides is 1. The van der Waals surface area contributed by atoms with E-state index < -0.39 is 24.0 Å². The number of nitrogens with two attached hydrogens (primary N) is 2. The van der Waals surface area contributed by atoms with Crippen molar-refractivity contribution in [1.29, 1.82) is 0 Å². The molecule has 104 valence electrons. The van der Waals surface area contributed by atoms with Gasteiger partial charge in [0, 0.05) is 6.54 Å². The fourth-order valence-electron chi connectivity index (χ4n) is 1.14. The Kier molecular flexibility index (Phi) is 7.64. The molecular weight excluding hydrogens is 240 g/mol. The van der Waals surface area contributed by atoms with E-state index in [0.717, 1.165) is 0 Å². The summed E-state index contributed by atoms with van der Waals surface area (Å²) < 4.78 is 0. The highest BCUT2D eigenvalue weighted by Gasteiger charge is 2.10. The van der Waals surface area contributed by atoms with Gasteiger partial charge in [0.2, 0.25) is 5.91 Å². The van der Waals surface area contributed by atoms with Crippen molar-refractivity contribution < 1.29 is 19.8 Å². The lowest BCUT2D eigenvalue weighted by Gasteiger charge is -2.06. The first-order valence-corrected chi connectivity index (χ1v) is 5.59. The molecule has 0 aliphatic carbocycles. The second-order valence-corrected chi connectivity index (χ2v) is 3.96. The molecule has 0 aromatic heterocycles. The molecule has 0 aromatic rings. The molecular formula is C10H20N4O4. The van der Waals surface area contributed by atoms with Gasteiger partial charge in [0.05, 0.1) is 12.5 Å². The van der Waals surface area contributed by atoms with Crippen LogP contribution in [0, 0.1) is 0 Å². The fraction of sp³-hybridized carbons (Fsp3) is 0.700. The molecule has 8 nitrogen and oxygen atoms in total. The number of guanidine groups is 1. The largest absolute Gasteiger partial charge is 0.480 e. The predicted molar refractivity (Wildman–Crippen MR) is 65.8 cm³/mol. The number of carboxylic acid groups (broad SMARTS) is 1. The van der Waals surface area contributed by atoms with Crippen LogP contribution in [0.4, 0.5) is 0 Å². The van der Waals surface area contributed by atoms with E-state index in [1.54, 1.807) is 0 Å². The number of carbonyl (C=O) groups excluding carboxylic acids is 1. The summed E-state index contributed by atoms with van der Waals surface area (Å²) in [5.74, 6) is -1.53. The third kappa shape index (κ3) is 8.48. The van der Waals surface area contributed by atoms with E-state index in [4.69, 9.17) is 21.7 Å². The number of hydrogen-bond acceptors (Lipinski definition) is 5. The van der Waals surface area contributed by atoms with Gasteiger partial charge in [0.1, 0.15) is 6.04 Å². The van der Waals surface area contributed by atoms with Crippen molar-refractivity contribution >= 4 is 17.8 Å². The number of rotatable bonds is 7. The van der Waals surface area contributed by atoms with E-state index in [-0.39, 0.29) is 25.3 Å². The summed E-state index contributed by atoms with van der Waals surface area (Å²) in [6, 6.07) is -0.911. The molecule has 0 heterocycles. The summed E-state index contributed by atoms with van der Waals surface area (Å²) in [5, 5.41) is 19.8. The Morgan fingerprint density at radius 2 is 2.06 bits per heavy atom. The van der Waals surface area contributed by atoms with Gasteiger partial charge in [-0.3, -0.25) is 19.9 Å². The van der Waals surface area contributed by atoms with Gasteiger partial charge in [-0.05, 0) is 19.8 Å². The molecule has 0 saturated carbocycles. The number of aliphatic hydroxyl groups is 1. The molecule has 1 amide bonds. The Labute approximate surface area is 105 Å². The van der Waals surface area contributed by atoms with Gasteiger partial charge in [-0.2, -0.15) is 0 Å². The molecule has 0 radical (unpaired) electrons. The van der Waals surface area contributed by atoms with Gasteiger partial charge in [-0.25, -0.2) is 0 Å². The van der Waals surface area contributed by atoms with Gasteiger partial charge >= 0.3 is 5.97 Å². The van der Waals surface area contributed by atoms with E-state index in [1.807, 2.05) is 0 Å². The molecule has 2 unspecified atom stereocenters. The van der Waals surface area contributed by atoms with Crippen molar-refractivity contribution in [2.24, 2.45) is 16.5 Å². The maximum Gasteiger partial charge on any atom is 0.320 e. The summed E-state index contributed by atoms with van der Waals surface area (Å²) in [7, 11) is 0. The van der Waals surface area contributed by atoms with Crippen LogP contribution in [-0.2, 0) is 9.59 Å². The highest BCUT2D eigenvalue weighted by Crippen LogP contribution is 1.95. The van der Waals surface area contributed by atoms with Crippen LogP contribution in [0.3, 0.4) is 0 Å². The Morgan fingerprint density at radius 1 is 1.44 bits per heavy atom. The van der Waals surface area contributed by atoms with Crippen molar-refractivity contribution in [2.75, 3.05) is 6.54 Å². The van der Waals surface area contributed by atoms with E-state index in [2.05, 4.69) is 10.3 Å². The minimum Gasteiger partial charge on any atom is -0.480 e. The van der Waals surface area contributed by atoms with Crippen molar-refractivity contribution in [3.8, 4) is 0 Å². The lowest BCUT2D eigenvalue weighted by atomic mass is 10.2. The topological polar surface area (TPSA) is 151 Å². The van der Waals surface area contributed by atoms with Crippen LogP contribution in [0.5, 0.6) is 0 Å². The number of carboxylic acids is 1. The molecule has 0 aromatic carbocycles. The zero-order valence-corrected chi connectivity index (χ0v) is 10.3. The molecule has 0 saturated heterocycles. The first kappa shape index (κ1) is 16.3. The average molecular weight is 260 g/mol. The summed E-state index contributed by atoms with van der Waals surface area (Å²) in [6.07, 6.45) is -0.0553. The van der Waals surface area contributed by atoms with Gasteiger partial charge in [-0.15, -0.1) is 0 Å². The molecule has 8 heteroatoms. The molecule has 2 atom stereocenters. The van der Waals surface area contributed by atoms with Gasteiger partial charge in [0.25, 0.3) is 0 Å². The summed E-state index contributed by atoms with van der Waals surface area (Å²) in [4.78, 5) is 25.4. The Morgan fingerprint density at radius 3 is 2.56 bits per heavy atom. The average Bonchev–Trinajstić information content (AvgIpc) is 2.22. The van der Waals surface area contributed by atoms with Crippen molar-refractivity contribution in [3.63, 3.8) is 0 Å². The van der Waals surface area contributed by atoms with Crippen molar-refractivity contribution in [1.82, 2.24) is 5.32 Å². The lowest BCUT2D eigenvalue weighted by Crippen LogP contribution is -2.38. The second kappa shape index (κ2) is 8.43. The quantitative estimate of drug-likeness (QED) is 0.211. The summed E-state index contributed by atoms with van der Waals surface area (Å²) in [5.41, 5.74) is 10.7. The molecule has 0 rings (SSSR count). The Hall–Kier alpha value is -1.67. The highest BCUT2D eigenvalue weighted by molar-refractivity contribution is 5.96. The molecule has 18 heavy (non-hydrogen) atoms. The number of nitrogens with one attached hydrogen (secondary N) is 1. The van der Waals surface area contributed by atoms with Crippen LogP contribution in [0.2, 0.25) is 0 Å². The standard InChI is InChI=1S/C10H20N4O4/c1-6(15)5-8(16)14-10(12)13-4-2-3-7(11)9(17)18/h6-7,15H,2-5,11H2,1H3,(H,17,18)(H3,12,13,14,16). The van der Waals surface area contributed by atoms with Crippen LogP contribution in [0.1, 0.15) is 26.2 Å². The number of aliphatic hydroxyl groups excluding tert-OH is 1. The maximum atomic E-state index is 11.2. The van der Waals surface area contributed by atoms with Crippen molar-refractivity contribution in [2.45, 2.75) is 38.3 Å². The SMILES string of the molecule is CC(O)CC(=O)NC(N)=NCCCC(N)C(=O)O. The van der Waals surface area contributed by atoms with Gasteiger partial charge < -0.3 is 21.7 Å². The molecule has 7 N–H and O–H groups in total. The number of aliphatic imine (C=N–C) groups is 1. The molecule has 0 bridgehead atoms. The minimum atomic E-state index is -1.06. The first-order chi connectivity index (χ1) is 8.32. The third-order valence-electron chi connectivity index (χ3n) is 2.02. The van der Waals surface area contributed by atoms with Crippen LogP contribution in [0.25, 0.3) is 0 Å². The van der Waals surface area contributed by atoms with Crippen LogP contribution >= 0.6 is 0 Å². The third-order valence-corrected chi connectivity index (χ3v) is 2.02. The Balaban J connectivity index is 3.84. The van der Waals surface area contributed by atoms with Crippen molar-refractivity contribution in [3.05, 3.63) is 0 Å². The van der Waals surface area contributed by atoms with E-state index in [9.17, 15) is 9.59 Å². The second-order valence-electron chi connectivity index (χ2n) is 3.96. The van der Waals surface area contributed by atoms with Crippen LogP contribution in [-0.4, -0.2) is 46.7 Å². The molecule has 0 spiro atoms. The number of nitrogens with zero attached hydrogens (tertiary/aromatic N) is 1. The van der Waals surface area contributed by atoms with E-state index >= 15 is 0 Å². The normalized spacial score (nSPS) is 14.9. The molecule has 0 aliphatic heterocycles. The van der Waals surface area contributed by atoms with Crippen LogP contribution < -0.4 is 16.8 Å². The zero-order valence-electron chi connectivity index (χ0n) is 10.3.